The monoisotopic (exact) mass is 612 g/mol. The summed E-state index contributed by atoms with van der Waals surface area (Å²) in [4.78, 5) is 37.3. The minimum absolute atomic E-state index is 0.0501. The van der Waals surface area contributed by atoms with E-state index in [0.29, 0.717) is 28.0 Å². The van der Waals surface area contributed by atoms with Gasteiger partial charge in [0.25, 0.3) is 5.56 Å². The average Bonchev–Trinajstić information content (AvgIpc) is 3.52. The van der Waals surface area contributed by atoms with Gasteiger partial charge in [0.15, 0.2) is 5.16 Å². The predicted octanol–water partition coefficient (Wildman–Crippen LogP) is 6.40. The standard InChI is InChI=1S/C33H33ClN6O2S/c1-21-13-25(14-22(2)37-21)20-43-33-38-32(42)30(23(3)28-15-35-36-16-28)18-40(33)19-31(41)39(4)17-24-5-7-26(8-6-24)27-9-11-29(34)12-10-27/h5-16,18,23H,17,19-20H2,1-4H3,(H,35,36). The molecule has 5 aromatic rings. The first-order valence-corrected chi connectivity index (χ1v) is 15.3. The van der Waals surface area contributed by atoms with Gasteiger partial charge in [-0.3, -0.25) is 19.7 Å². The third-order valence-corrected chi connectivity index (χ3v) is 8.58. The zero-order valence-corrected chi connectivity index (χ0v) is 26.1. The van der Waals surface area contributed by atoms with Crippen molar-refractivity contribution in [3.63, 3.8) is 0 Å². The van der Waals surface area contributed by atoms with Crippen molar-refractivity contribution in [3.8, 4) is 11.1 Å². The van der Waals surface area contributed by atoms with Crippen molar-refractivity contribution in [1.82, 2.24) is 29.6 Å². The van der Waals surface area contributed by atoms with Crippen molar-refractivity contribution in [3.05, 3.63) is 128 Å². The second-order valence-electron chi connectivity index (χ2n) is 10.7. The van der Waals surface area contributed by atoms with Gasteiger partial charge in [0.2, 0.25) is 5.91 Å². The van der Waals surface area contributed by atoms with Crippen LogP contribution in [0.1, 0.15) is 46.5 Å². The lowest BCUT2D eigenvalue weighted by Crippen LogP contribution is -2.31. The highest BCUT2D eigenvalue weighted by Crippen LogP contribution is 2.26. The number of amides is 1. The fourth-order valence-electron chi connectivity index (χ4n) is 4.92. The lowest BCUT2D eigenvalue weighted by molar-refractivity contribution is -0.131. The van der Waals surface area contributed by atoms with Gasteiger partial charge in [-0.25, -0.2) is 0 Å². The third kappa shape index (κ3) is 7.60. The van der Waals surface area contributed by atoms with Gasteiger partial charge in [0, 0.05) is 59.6 Å². The summed E-state index contributed by atoms with van der Waals surface area (Å²) in [6, 6.07) is 19.9. The largest absolute Gasteiger partial charge is 0.340 e. The predicted molar refractivity (Wildman–Crippen MR) is 171 cm³/mol. The van der Waals surface area contributed by atoms with Crippen molar-refractivity contribution >= 4 is 29.3 Å². The van der Waals surface area contributed by atoms with E-state index >= 15 is 0 Å². The van der Waals surface area contributed by atoms with Gasteiger partial charge in [-0.05, 0) is 65.9 Å². The van der Waals surface area contributed by atoms with Gasteiger partial charge in [0.05, 0.1) is 6.20 Å². The number of hydrogen-bond acceptors (Lipinski definition) is 6. The highest BCUT2D eigenvalue weighted by molar-refractivity contribution is 7.98. The number of aromatic amines is 1. The second kappa shape index (κ2) is 13.4. The molecule has 1 unspecified atom stereocenters. The maximum Gasteiger partial charge on any atom is 0.277 e. The van der Waals surface area contributed by atoms with E-state index in [0.717, 1.165) is 39.2 Å². The molecule has 1 atom stereocenters. The highest BCUT2D eigenvalue weighted by atomic mass is 35.5. The Hall–Kier alpha value is -4.21. The summed E-state index contributed by atoms with van der Waals surface area (Å²) >= 11 is 7.46. The van der Waals surface area contributed by atoms with Crippen molar-refractivity contribution < 1.29 is 4.79 Å². The van der Waals surface area contributed by atoms with Crippen molar-refractivity contribution in [2.24, 2.45) is 0 Å². The molecule has 0 spiro atoms. The Balaban J connectivity index is 1.35. The Morgan fingerprint density at radius 1 is 1.00 bits per heavy atom. The van der Waals surface area contributed by atoms with Crippen LogP contribution in [0.2, 0.25) is 5.02 Å². The lowest BCUT2D eigenvalue weighted by Gasteiger charge is -2.21. The molecule has 0 aliphatic carbocycles. The Kier molecular flexibility index (Phi) is 9.43. The Morgan fingerprint density at radius 2 is 1.65 bits per heavy atom. The van der Waals surface area contributed by atoms with Crippen molar-refractivity contribution in [2.45, 2.75) is 50.7 Å². The molecule has 3 aromatic heterocycles. The van der Waals surface area contributed by atoms with Crippen LogP contribution in [0.25, 0.3) is 11.1 Å². The minimum Gasteiger partial charge on any atom is -0.340 e. The number of aromatic nitrogens is 5. The summed E-state index contributed by atoms with van der Waals surface area (Å²) in [6.45, 7) is 6.35. The molecule has 10 heteroatoms. The molecular weight excluding hydrogens is 580 g/mol. The summed E-state index contributed by atoms with van der Waals surface area (Å²) in [5.74, 6) is 0.269. The average molecular weight is 613 g/mol. The van der Waals surface area contributed by atoms with Crippen LogP contribution in [0.3, 0.4) is 0 Å². The molecule has 0 aliphatic heterocycles. The molecule has 2 aromatic carbocycles. The Labute approximate surface area is 260 Å². The van der Waals surface area contributed by atoms with Crippen LogP contribution in [-0.2, 0) is 23.6 Å². The van der Waals surface area contributed by atoms with E-state index in [1.807, 2.05) is 81.4 Å². The van der Waals surface area contributed by atoms with E-state index in [-0.39, 0.29) is 23.9 Å². The fraction of sp³-hybridized carbons (Fsp3) is 0.242. The van der Waals surface area contributed by atoms with Crippen LogP contribution in [0.5, 0.6) is 0 Å². The van der Waals surface area contributed by atoms with Gasteiger partial charge in [-0.15, -0.1) is 0 Å². The number of carbonyl (C=O) groups is 1. The molecule has 1 amide bonds. The minimum atomic E-state index is -0.309. The van der Waals surface area contributed by atoms with E-state index in [2.05, 4.69) is 20.2 Å². The SMILES string of the molecule is Cc1cc(CSc2nc(=O)c(C(C)c3cn[nH]c3)cn2CC(=O)N(C)Cc2ccc(-c3ccc(Cl)cc3)cc2)cc(C)n1. The van der Waals surface area contributed by atoms with Crippen LogP contribution in [0.15, 0.2) is 89.2 Å². The first kappa shape index (κ1) is 30.3. The van der Waals surface area contributed by atoms with Crippen LogP contribution < -0.4 is 5.56 Å². The number of nitrogens with zero attached hydrogens (tertiary/aromatic N) is 5. The number of H-pyrrole nitrogens is 1. The van der Waals surface area contributed by atoms with E-state index in [4.69, 9.17) is 11.6 Å². The maximum absolute atomic E-state index is 13.5. The molecular formula is C33H33ClN6O2S. The number of nitrogens with one attached hydrogen (secondary N) is 1. The molecule has 0 fully saturated rings. The number of pyridine rings is 1. The molecule has 220 valence electrons. The van der Waals surface area contributed by atoms with Gasteiger partial charge in [-0.1, -0.05) is 66.7 Å². The third-order valence-electron chi connectivity index (χ3n) is 7.26. The van der Waals surface area contributed by atoms with Crippen LogP contribution in [0.4, 0.5) is 0 Å². The Bertz CT molecular complexity index is 1750. The second-order valence-corrected chi connectivity index (χ2v) is 12.0. The molecule has 0 saturated carbocycles. The molecule has 0 radical (unpaired) electrons. The van der Waals surface area contributed by atoms with E-state index in [9.17, 15) is 9.59 Å². The molecule has 8 nitrogen and oxygen atoms in total. The summed E-state index contributed by atoms with van der Waals surface area (Å²) in [5, 5.41) is 8.02. The quantitative estimate of drug-likeness (QED) is 0.145. The smallest absolute Gasteiger partial charge is 0.277 e. The molecule has 1 N–H and O–H groups in total. The van der Waals surface area contributed by atoms with Crippen LogP contribution in [-0.4, -0.2) is 42.6 Å². The Morgan fingerprint density at radius 3 is 2.28 bits per heavy atom. The van der Waals surface area contributed by atoms with Crippen LogP contribution in [0, 0.1) is 13.8 Å². The molecule has 5 rings (SSSR count). The summed E-state index contributed by atoms with van der Waals surface area (Å²) < 4.78 is 1.79. The molecule has 0 bridgehead atoms. The summed E-state index contributed by atoms with van der Waals surface area (Å²) in [6.07, 6.45) is 5.23. The van der Waals surface area contributed by atoms with Gasteiger partial charge in [0.1, 0.15) is 6.54 Å². The van der Waals surface area contributed by atoms with E-state index in [1.165, 1.54) is 11.8 Å². The first-order chi connectivity index (χ1) is 20.7. The van der Waals surface area contributed by atoms with Crippen LogP contribution >= 0.6 is 23.4 Å². The summed E-state index contributed by atoms with van der Waals surface area (Å²) in [5.41, 5.74) is 7.19. The number of benzene rings is 2. The normalized spacial score (nSPS) is 11.8. The maximum atomic E-state index is 13.5. The number of aryl methyl sites for hydroxylation is 2. The molecule has 43 heavy (non-hydrogen) atoms. The zero-order valence-electron chi connectivity index (χ0n) is 24.5. The number of rotatable bonds is 10. The van der Waals surface area contributed by atoms with Crippen molar-refractivity contribution in [1.29, 1.82) is 0 Å². The molecule has 3 heterocycles. The zero-order chi connectivity index (χ0) is 30.5. The highest BCUT2D eigenvalue weighted by Gasteiger charge is 2.20. The number of halogens is 1. The van der Waals surface area contributed by atoms with Gasteiger partial charge < -0.3 is 9.47 Å². The first-order valence-electron chi connectivity index (χ1n) is 13.9. The number of likely N-dealkylation sites (N-methyl/N-ethyl adjacent to an activating group) is 1. The number of hydrogen-bond donors (Lipinski definition) is 1. The van der Waals surface area contributed by atoms with Gasteiger partial charge in [-0.2, -0.15) is 10.1 Å². The lowest BCUT2D eigenvalue weighted by atomic mass is 9.98. The van der Waals surface area contributed by atoms with Gasteiger partial charge >= 0.3 is 0 Å². The topological polar surface area (TPSA) is 96.8 Å². The molecule has 0 saturated heterocycles. The number of thioether (sulfide) groups is 1. The fourth-order valence-corrected chi connectivity index (χ4v) is 5.94. The number of carbonyl (C=O) groups excluding carboxylic acids is 1. The van der Waals surface area contributed by atoms with Crippen molar-refractivity contribution in [2.75, 3.05) is 7.05 Å². The molecule has 0 aliphatic rings. The van der Waals surface area contributed by atoms with E-state index < -0.39 is 0 Å². The summed E-state index contributed by atoms with van der Waals surface area (Å²) in [7, 11) is 1.79. The van der Waals surface area contributed by atoms with E-state index in [1.54, 1.807) is 35.1 Å².